The van der Waals surface area contributed by atoms with Crippen LogP contribution in [0.25, 0.3) is 0 Å². The second-order valence-electron chi connectivity index (χ2n) is 5.59. The van der Waals surface area contributed by atoms with Crippen molar-refractivity contribution in [2.45, 2.75) is 32.8 Å². The molecule has 1 aromatic rings. The van der Waals surface area contributed by atoms with Gasteiger partial charge in [0, 0.05) is 18.7 Å². The zero-order valence-corrected chi connectivity index (χ0v) is 12.3. The first kappa shape index (κ1) is 16.2. The summed E-state index contributed by atoms with van der Waals surface area (Å²) in [7, 11) is 1.50. The van der Waals surface area contributed by atoms with Crippen LogP contribution < -0.4 is 10.1 Å². The number of ether oxygens (including phenoxy) is 1. The second-order valence-corrected chi connectivity index (χ2v) is 5.59. The SMILES string of the molecule is COc1ccc([N+](=O)[O-])c(NCC(C)(O)CC(C)C)c1. The highest BCUT2D eigenvalue weighted by atomic mass is 16.6. The average molecular weight is 282 g/mol. The Hall–Kier alpha value is -1.82. The van der Waals surface area contributed by atoms with E-state index in [0.717, 1.165) is 0 Å². The lowest BCUT2D eigenvalue weighted by Crippen LogP contribution is -2.35. The standard InChI is InChI=1S/C14H22N2O4/c1-10(2)8-14(3,17)9-15-12-7-11(20-4)5-6-13(12)16(18)19/h5-7,10,15,17H,8-9H2,1-4H3. The number of rotatable bonds is 7. The maximum atomic E-state index is 11.0. The van der Waals surface area contributed by atoms with E-state index >= 15 is 0 Å². The van der Waals surface area contributed by atoms with E-state index in [1.165, 1.54) is 19.2 Å². The summed E-state index contributed by atoms with van der Waals surface area (Å²) in [6, 6.07) is 4.48. The third kappa shape index (κ3) is 4.70. The topological polar surface area (TPSA) is 84.6 Å². The van der Waals surface area contributed by atoms with Crippen LogP contribution in [0.5, 0.6) is 5.75 Å². The maximum absolute atomic E-state index is 11.0. The Morgan fingerprint density at radius 2 is 2.15 bits per heavy atom. The summed E-state index contributed by atoms with van der Waals surface area (Å²) in [6.45, 7) is 5.98. The first-order valence-corrected chi connectivity index (χ1v) is 6.54. The van der Waals surface area contributed by atoms with E-state index in [4.69, 9.17) is 4.74 Å². The quantitative estimate of drug-likeness (QED) is 0.593. The molecule has 0 saturated heterocycles. The maximum Gasteiger partial charge on any atom is 0.292 e. The number of hydrogen-bond donors (Lipinski definition) is 2. The van der Waals surface area contributed by atoms with Gasteiger partial charge in [-0.3, -0.25) is 10.1 Å². The van der Waals surface area contributed by atoms with Gasteiger partial charge >= 0.3 is 0 Å². The van der Waals surface area contributed by atoms with E-state index in [0.29, 0.717) is 23.8 Å². The van der Waals surface area contributed by atoms with Crippen molar-refractivity contribution in [3.8, 4) is 5.75 Å². The van der Waals surface area contributed by atoms with Gasteiger partial charge in [0.05, 0.1) is 17.6 Å². The Kier molecular flexibility index (Phi) is 5.33. The van der Waals surface area contributed by atoms with Gasteiger partial charge in [-0.05, 0) is 25.3 Å². The van der Waals surface area contributed by atoms with Crippen LogP contribution in [0.2, 0.25) is 0 Å². The van der Waals surface area contributed by atoms with Crippen molar-refractivity contribution >= 4 is 11.4 Å². The molecule has 0 radical (unpaired) electrons. The van der Waals surface area contributed by atoms with Crippen LogP contribution >= 0.6 is 0 Å². The zero-order chi connectivity index (χ0) is 15.3. The predicted molar refractivity (Wildman–Crippen MR) is 78.2 cm³/mol. The number of nitro groups is 1. The molecule has 6 nitrogen and oxygen atoms in total. The van der Waals surface area contributed by atoms with E-state index in [9.17, 15) is 15.2 Å². The van der Waals surface area contributed by atoms with E-state index in [1.54, 1.807) is 13.0 Å². The van der Waals surface area contributed by atoms with Gasteiger partial charge < -0.3 is 15.2 Å². The first-order chi connectivity index (χ1) is 9.25. The smallest absolute Gasteiger partial charge is 0.292 e. The summed E-state index contributed by atoms with van der Waals surface area (Å²) in [5.41, 5.74) is -0.616. The van der Waals surface area contributed by atoms with Crippen LogP contribution in [0.3, 0.4) is 0 Å². The normalized spacial score (nSPS) is 13.9. The lowest BCUT2D eigenvalue weighted by atomic mass is 9.94. The van der Waals surface area contributed by atoms with E-state index in [2.05, 4.69) is 5.32 Å². The largest absolute Gasteiger partial charge is 0.497 e. The second kappa shape index (κ2) is 6.56. The van der Waals surface area contributed by atoms with Crippen molar-refractivity contribution in [3.05, 3.63) is 28.3 Å². The summed E-state index contributed by atoms with van der Waals surface area (Å²) in [5.74, 6) is 0.869. The third-order valence-corrected chi connectivity index (χ3v) is 2.91. The molecular weight excluding hydrogens is 260 g/mol. The molecule has 0 aliphatic rings. The van der Waals surface area contributed by atoms with Crippen LogP contribution in [-0.4, -0.2) is 29.3 Å². The Balaban J connectivity index is 2.87. The van der Waals surface area contributed by atoms with Gasteiger partial charge in [-0.15, -0.1) is 0 Å². The number of aliphatic hydroxyl groups is 1. The molecule has 0 spiro atoms. The van der Waals surface area contributed by atoms with Gasteiger partial charge in [0.2, 0.25) is 0 Å². The minimum Gasteiger partial charge on any atom is -0.497 e. The molecule has 0 fully saturated rings. The molecule has 20 heavy (non-hydrogen) atoms. The molecule has 1 rings (SSSR count). The van der Waals surface area contributed by atoms with Crippen molar-refractivity contribution in [1.29, 1.82) is 0 Å². The lowest BCUT2D eigenvalue weighted by molar-refractivity contribution is -0.384. The molecule has 1 atom stereocenters. The molecule has 0 amide bonds. The number of methoxy groups -OCH3 is 1. The van der Waals surface area contributed by atoms with Gasteiger partial charge in [-0.2, -0.15) is 0 Å². The molecule has 1 unspecified atom stereocenters. The summed E-state index contributed by atoms with van der Waals surface area (Å²) in [5, 5.41) is 24.2. The van der Waals surface area contributed by atoms with Crippen molar-refractivity contribution in [2.75, 3.05) is 19.0 Å². The fourth-order valence-electron chi connectivity index (χ4n) is 2.18. The van der Waals surface area contributed by atoms with Crippen LogP contribution in [0, 0.1) is 16.0 Å². The van der Waals surface area contributed by atoms with Crippen LogP contribution in [0.1, 0.15) is 27.2 Å². The Morgan fingerprint density at radius 1 is 1.50 bits per heavy atom. The molecular formula is C14H22N2O4. The van der Waals surface area contributed by atoms with Gasteiger partial charge in [-0.1, -0.05) is 13.8 Å². The summed E-state index contributed by atoms with van der Waals surface area (Å²) in [6.07, 6.45) is 0.609. The molecule has 0 aliphatic carbocycles. The average Bonchev–Trinajstić information content (AvgIpc) is 2.34. The molecule has 1 aromatic carbocycles. The molecule has 6 heteroatoms. The predicted octanol–water partition coefficient (Wildman–Crippen LogP) is 2.81. The highest BCUT2D eigenvalue weighted by molar-refractivity contribution is 5.64. The van der Waals surface area contributed by atoms with E-state index in [1.807, 2.05) is 13.8 Å². The number of nitrogens with one attached hydrogen (secondary N) is 1. The fraction of sp³-hybridized carbons (Fsp3) is 0.571. The minimum absolute atomic E-state index is 0.0360. The molecule has 0 saturated carbocycles. The molecule has 0 aromatic heterocycles. The lowest BCUT2D eigenvalue weighted by Gasteiger charge is -2.26. The van der Waals surface area contributed by atoms with Crippen molar-refractivity contribution in [2.24, 2.45) is 5.92 Å². The molecule has 112 valence electrons. The Bertz CT molecular complexity index is 472. The van der Waals surface area contributed by atoms with Gasteiger partial charge in [0.25, 0.3) is 5.69 Å². The van der Waals surface area contributed by atoms with E-state index < -0.39 is 10.5 Å². The zero-order valence-electron chi connectivity index (χ0n) is 12.3. The molecule has 2 N–H and O–H groups in total. The number of anilines is 1. The third-order valence-electron chi connectivity index (χ3n) is 2.91. The fourth-order valence-corrected chi connectivity index (χ4v) is 2.18. The molecule has 0 heterocycles. The highest BCUT2D eigenvalue weighted by Gasteiger charge is 2.23. The summed E-state index contributed by atoms with van der Waals surface area (Å²) < 4.78 is 5.06. The Labute approximate surface area is 118 Å². The van der Waals surface area contributed by atoms with Crippen molar-refractivity contribution in [3.63, 3.8) is 0 Å². The van der Waals surface area contributed by atoms with Crippen molar-refractivity contribution < 1.29 is 14.8 Å². The number of benzene rings is 1. The number of nitro benzene ring substituents is 1. The number of nitrogens with zero attached hydrogens (tertiary/aromatic N) is 1. The molecule has 0 aliphatic heterocycles. The van der Waals surface area contributed by atoms with E-state index in [-0.39, 0.29) is 12.2 Å². The van der Waals surface area contributed by atoms with Crippen LogP contribution in [0.4, 0.5) is 11.4 Å². The summed E-state index contributed by atoms with van der Waals surface area (Å²) in [4.78, 5) is 10.5. The minimum atomic E-state index is -0.925. The van der Waals surface area contributed by atoms with Crippen molar-refractivity contribution in [1.82, 2.24) is 0 Å². The molecule has 0 bridgehead atoms. The summed E-state index contributed by atoms with van der Waals surface area (Å²) >= 11 is 0. The monoisotopic (exact) mass is 282 g/mol. The highest BCUT2D eigenvalue weighted by Crippen LogP contribution is 2.29. The van der Waals surface area contributed by atoms with Crippen LogP contribution in [0.15, 0.2) is 18.2 Å². The van der Waals surface area contributed by atoms with Crippen LogP contribution in [-0.2, 0) is 0 Å². The Morgan fingerprint density at radius 3 is 2.65 bits per heavy atom. The van der Waals surface area contributed by atoms with Gasteiger partial charge in [0.1, 0.15) is 11.4 Å². The van der Waals surface area contributed by atoms with Gasteiger partial charge in [0.15, 0.2) is 0 Å². The number of hydrogen-bond acceptors (Lipinski definition) is 5. The van der Waals surface area contributed by atoms with Gasteiger partial charge in [-0.25, -0.2) is 0 Å². The first-order valence-electron chi connectivity index (χ1n) is 6.54.